The van der Waals surface area contributed by atoms with E-state index in [1.165, 1.54) is 0 Å². The van der Waals surface area contributed by atoms with E-state index in [9.17, 15) is 9.90 Å². The van der Waals surface area contributed by atoms with Crippen LogP contribution in [-0.4, -0.2) is 48.6 Å². The molecule has 0 spiro atoms. The maximum absolute atomic E-state index is 11.9. The van der Waals surface area contributed by atoms with Crippen LogP contribution in [0.15, 0.2) is 18.2 Å². The smallest absolute Gasteiger partial charge is 0.258 e. The molecule has 1 fully saturated rings. The third-order valence-corrected chi connectivity index (χ3v) is 4.11. The Balaban J connectivity index is 1.53. The topological polar surface area (TPSA) is 77.0 Å². The number of para-hydroxylation sites is 1. The Bertz CT molecular complexity index is 593. The first-order chi connectivity index (χ1) is 10.9. The Morgan fingerprint density at radius 2 is 2.26 bits per heavy atom. The molecule has 0 bridgehead atoms. The van der Waals surface area contributed by atoms with Gasteiger partial charge in [0.1, 0.15) is 11.2 Å². The van der Waals surface area contributed by atoms with Crippen molar-refractivity contribution in [2.45, 2.75) is 37.9 Å². The fraction of sp³-hybridized carbons (Fsp3) is 0.588. The number of hydrogen-bond acceptors (Lipinski definition) is 5. The molecule has 6 heteroatoms. The van der Waals surface area contributed by atoms with Gasteiger partial charge in [0.2, 0.25) is 0 Å². The van der Waals surface area contributed by atoms with Crippen LogP contribution in [0.4, 0.5) is 0 Å². The molecule has 1 unspecified atom stereocenters. The van der Waals surface area contributed by atoms with Gasteiger partial charge in [-0.2, -0.15) is 0 Å². The van der Waals surface area contributed by atoms with Crippen molar-refractivity contribution in [3.63, 3.8) is 0 Å². The molecule has 2 N–H and O–H groups in total. The van der Waals surface area contributed by atoms with E-state index in [4.69, 9.17) is 14.2 Å². The minimum absolute atomic E-state index is 0.114. The maximum atomic E-state index is 11.9. The molecule has 1 saturated heterocycles. The van der Waals surface area contributed by atoms with Crippen molar-refractivity contribution in [3.05, 3.63) is 23.8 Å². The van der Waals surface area contributed by atoms with Gasteiger partial charge in [-0.05, 0) is 19.9 Å². The Morgan fingerprint density at radius 1 is 1.43 bits per heavy atom. The van der Waals surface area contributed by atoms with Crippen LogP contribution in [0.2, 0.25) is 0 Å². The molecule has 1 amide bonds. The zero-order valence-corrected chi connectivity index (χ0v) is 13.6. The van der Waals surface area contributed by atoms with Crippen LogP contribution in [0, 0.1) is 0 Å². The zero-order chi connectivity index (χ0) is 16.5. The molecule has 2 aliphatic rings. The predicted octanol–water partition coefficient (Wildman–Crippen LogP) is 1.05. The van der Waals surface area contributed by atoms with E-state index >= 15 is 0 Å². The van der Waals surface area contributed by atoms with Gasteiger partial charge in [0.25, 0.3) is 5.91 Å². The summed E-state index contributed by atoms with van der Waals surface area (Å²) in [5.74, 6) is 1.01. The summed E-state index contributed by atoms with van der Waals surface area (Å²) in [5.41, 5.74) is -0.127. The number of hydrogen-bond donors (Lipinski definition) is 2. The maximum Gasteiger partial charge on any atom is 0.258 e. The van der Waals surface area contributed by atoms with Crippen LogP contribution < -0.4 is 14.8 Å². The van der Waals surface area contributed by atoms with Crippen LogP contribution in [0.5, 0.6) is 11.5 Å². The van der Waals surface area contributed by atoms with Crippen LogP contribution in [-0.2, 0) is 16.0 Å². The van der Waals surface area contributed by atoms with Gasteiger partial charge >= 0.3 is 0 Å². The summed E-state index contributed by atoms with van der Waals surface area (Å²) >= 11 is 0. The van der Waals surface area contributed by atoms with Gasteiger partial charge in [-0.1, -0.05) is 12.1 Å². The van der Waals surface area contributed by atoms with Gasteiger partial charge in [0.05, 0.1) is 6.61 Å². The largest absolute Gasteiger partial charge is 0.483 e. The second kappa shape index (κ2) is 6.02. The molecule has 2 heterocycles. The lowest BCUT2D eigenvalue weighted by Crippen LogP contribution is -2.44. The lowest BCUT2D eigenvalue weighted by atomic mass is 10.0. The molecule has 6 nitrogen and oxygen atoms in total. The zero-order valence-electron chi connectivity index (χ0n) is 13.6. The van der Waals surface area contributed by atoms with E-state index < -0.39 is 5.60 Å². The Hall–Kier alpha value is -1.79. The van der Waals surface area contributed by atoms with Crippen LogP contribution in [0.1, 0.15) is 25.8 Å². The van der Waals surface area contributed by atoms with Crippen molar-refractivity contribution in [1.29, 1.82) is 0 Å². The number of aliphatic hydroxyl groups is 1. The molecule has 1 atom stereocenters. The first-order valence-electron chi connectivity index (χ1n) is 7.88. The molecular weight excluding hydrogens is 298 g/mol. The number of fused-ring (bicyclic) bond motifs is 1. The first-order valence-corrected chi connectivity index (χ1v) is 7.88. The first kappa shape index (κ1) is 16.1. The number of benzene rings is 1. The third-order valence-electron chi connectivity index (χ3n) is 4.11. The highest BCUT2D eigenvalue weighted by Gasteiger charge is 2.33. The molecular formula is C17H23NO5. The predicted molar refractivity (Wildman–Crippen MR) is 83.7 cm³/mol. The molecule has 2 aliphatic heterocycles. The van der Waals surface area contributed by atoms with E-state index in [1.807, 2.05) is 26.0 Å². The number of carbonyl (C=O) groups excluding carboxylic acids is 1. The van der Waals surface area contributed by atoms with E-state index in [1.54, 1.807) is 6.07 Å². The van der Waals surface area contributed by atoms with Crippen LogP contribution in [0.25, 0.3) is 0 Å². The number of nitrogens with one attached hydrogen (secondary N) is 1. The normalized spacial score (nSPS) is 24.8. The average molecular weight is 321 g/mol. The van der Waals surface area contributed by atoms with Gasteiger partial charge in [0, 0.05) is 31.6 Å². The summed E-state index contributed by atoms with van der Waals surface area (Å²) in [6.07, 6.45) is 1.35. The fourth-order valence-electron chi connectivity index (χ4n) is 2.89. The SMILES string of the molecule is CC1(C)Cc2cccc(OCC(=O)NCC3(O)CCOC3)c2O1. The quantitative estimate of drug-likeness (QED) is 0.847. The lowest BCUT2D eigenvalue weighted by Gasteiger charge is -2.21. The van der Waals surface area contributed by atoms with Crippen molar-refractivity contribution in [3.8, 4) is 11.5 Å². The minimum atomic E-state index is -0.962. The molecule has 0 aliphatic carbocycles. The summed E-state index contributed by atoms with van der Waals surface area (Å²) in [4.78, 5) is 11.9. The fourth-order valence-corrected chi connectivity index (χ4v) is 2.89. The van der Waals surface area contributed by atoms with Crippen LogP contribution >= 0.6 is 0 Å². The van der Waals surface area contributed by atoms with Gasteiger partial charge in [0.15, 0.2) is 18.1 Å². The summed E-state index contributed by atoms with van der Waals surface area (Å²) in [6.45, 7) is 4.87. The number of amides is 1. The summed E-state index contributed by atoms with van der Waals surface area (Å²) in [7, 11) is 0. The highest BCUT2D eigenvalue weighted by molar-refractivity contribution is 5.77. The van der Waals surface area contributed by atoms with Gasteiger partial charge in [-0.15, -0.1) is 0 Å². The monoisotopic (exact) mass is 321 g/mol. The highest BCUT2D eigenvalue weighted by Crippen LogP contribution is 2.41. The molecule has 1 aromatic carbocycles. The van der Waals surface area contributed by atoms with Gasteiger partial charge < -0.3 is 24.6 Å². The van der Waals surface area contributed by atoms with Crippen molar-refractivity contribution in [1.82, 2.24) is 5.32 Å². The third kappa shape index (κ3) is 3.76. The number of carbonyl (C=O) groups is 1. The van der Waals surface area contributed by atoms with E-state index in [0.717, 1.165) is 12.0 Å². The van der Waals surface area contributed by atoms with E-state index in [2.05, 4.69) is 5.32 Å². The number of ether oxygens (including phenoxy) is 3. The molecule has 3 rings (SSSR count). The Morgan fingerprint density at radius 3 is 3.00 bits per heavy atom. The van der Waals surface area contributed by atoms with Gasteiger partial charge in [-0.25, -0.2) is 0 Å². The highest BCUT2D eigenvalue weighted by atomic mass is 16.5. The molecule has 126 valence electrons. The Kier molecular flexibility index (Phi) is 4.21. The molecule has 0 saturated carbocycles. The lowest BCUT2D eigenvalue weighted by molar-refractivity contribution is -0.124. The summed E-state index contributed by atoms with van der Waals surface area (Å²) in [6, 6.07) is 5.70. The van der Waals surface area contributed by atoms with Gasteiger partial charge in [-0.3, -0.25) is 4.79 Å². The van der Waals surface area contributed by atoms with Crippen LogP contribution in [0.3, 0.4) is 0 Å². The second-order valence-electron chi connectivity index (χ2n) is 6.88. The molecule has 0 radical (unpaired) electrons. The van der Waals surface area contributed by atoms with E-state index in [0.29, 0.717) is 24.5 Å². The average Bonchev–Trinajstić information content (AvgIpc) is 3.05. The summed E-state index contributed by atoms with van der Waals surface area (Å²) < 4.78 is 16.6. The molecule has 0 aromatic heterocycles. The molecule has 1 aromatic rings. The summed E-state index contributed by atoms with van der Waals surface area (Å²) in [5, 5.41) is 12.8. The standard InChI is InChI=1S/C17H23NO5/c1-16(2)8-12-4-3-5-13(15(12)23-16)22-9-14(19)18-10-17(20)6-7-21-11-17/h3-5,20H,6-11H2,1-2H3,(H,18,19). The minimum Gasteiger partial charge on any atom is -0.483 e. The van der Waals surface area contributed by atoms with Crippen molar-refractivity contribution in [2.24, 2.45) is 0 Å². The van der Waals surface area contributed by atoms with Crippen molar-refractivity contribution < 1.29 is 24.1 Å². The Labute approximate surface area is 135 Å². The van der Waals surface area contributed by atoms with Crippen molar-refractivity contribution >= 4 is 5.91 Å². The second-order valence-corrected chi connectivity index (χ2v) is 6.88. The van der Waals surface area contributed by atoms with Crippen molar-refractivity contribution in [2.75, 3.05) is 26.4 Å². The molecule has 23 heavy (non-hydrogen) atoms. The van der Waals surface area contributed by atoms with E-state index in [-0.39, 0.29) is 31.3 Å². The number of rotatable bonds is 5.